The van der Waals surface area contributed by atoms with Crippen molar-refractivity contribution in [3.63, 3.8) is 0 Å². The molecule has 0 saturated carbocycles. The second kappa shape index (κ2) is 10.1. The zero-order valence-electron chi connectivity index (χ0n) is 20.2. The highest BCUT2D eigenvalue weighted by Crippen LogP contribution is 2.44. The number of carbonyl (C=O) groups is 1. The number of halogens is 1. The van der Waals surface area contributed by atoms with Gasteiger partial charge in [0.2, 0.25) is 0 Å². The normalized spacial score (nSPS) is 17.6. The first-order valence-electron chi connectivity index (χ1n) is 11.9. The fourth-order valence-electron chi connectivity index (χ4n) is 4.71. The molecule has 0 N–H and O–H groups in total. The van der Waals surface area contributed by atoms with Crippen molar-refractivity contribution in [2.24, 2.45) is 5.18 Å². The van der Waals surface area contributed by atoms with Crippen LogP contribution in [0, 0.1) is 4.91 Å². The highest BCUT2D eigenvalue weighted by molar-refractivity contribution is 7.90. The molecule has 0 aliphatic carbocycles. The van der Waals surface area contributed by atoms with Gasteiger partial charge in [0.15, 0.2) is 0 Å². The minimum absolute atomic E-state index is 0.0571. The van der Waals surface area contributed by atoms with Gasteiger partial charge in [-0.05, 0) is 47.6 Å². The number of urea groups is 1. The van der Waals surface area contributed by atoms with Crippen LogP contribution in [0.1, 0.15) is 11.1 Å². The van der Waals surface area contributed by atoms with Crippen molar-refractivity contribution in [3.05, 3.63) is 87.8 Å². The Morgan fingerprint density at radius 2 is 1.54 bits per heavy atom. The van der Waals surface area contributed by atoms with Gasteiger partial charge < -0.3 is 9.80 Å². The van der Waals surface area contributed by atoms with Crippen LogP contribution in [0.2, 0.25) is 5.02 Å². The van der Waals surface area contributed by atoms with Crippen LogP contribution in [0.3, 0.4) is 0 Å². The number of nitroso groups, excluding NO2 is 1. The third kappa shape index (κ3) is 4.92. The van der Waals surface area contributed by atoms with E-state index in [1.165, 1.54) is 17.0 Å². The Bertz CT molecular complexity index is 1440. The van der Waals surface area contributed by atoms with Gasteiger partial charge in [-0.1, -0.05) is 54.1 Å². The zero-order chi connectivity index (χ0) is 26.2. The molecule has 1 fully saturated rings. The highest BCUT2D eigenvalue weighted by Gasteiger charge is 2.44. The molecule has 192 valence electrons. The standard InChI is InChI=1S/C26H26ClN5O4S/c1-29-10-12-30(13-11-29)23-15-21(27)16-24-25(23)37(35,36)32(18-20-8-5-9-22(14-20)28-34)26(33)31(24)17-19-6-3-2-4-7-19/h2-9,14-16H,10-13,17-18H2,1H3. The number of hydrogen-bond acceptors (Lipinski definition) is 7. The van der Waals surface area contributed by atoms with Crippen LogP contribution in [0.15, 0.2) is 76.8 Å². The van der Waals surface area contributed by atoms with E-state index in [0.29, 0.717) is 29.4 Å². The van der Waals surface area contributed by atoms with E-state index in [-0.39, 0.29) is 29.4 Å². The van der Waals surface area contributed by atoms with E-state index in [1.807, 2.05) is 42.3 Å². The molecule has 2 aliphatic heterocycles. The summed E-state index contributed by atoms with van der Waals surface area (Å²) in [6, 6.07) is 18.2. The number of piperazine rings is 1. The second-order valence-corrected chi connectivity index (χ2v) is 11.4. The second-order valence-electron chi connectivity index (χ2n) is 9.19. The monoisotopic (exact) mass is 539 g/mol. The molecular weight excluding hydrogens is 514 g/mol. The van der Waals surface area contributed by atoms with Gasteiger partial charge in [0, 0.05) is 31.2 Å². The number of fused-ring (bicyclic) bond motifs is 1. The number of carbonyl (C=O) groups excluding carboxylic acids is 1. The number of hydrogen-bond donors (Lipinski definition) is 0. The van der Waals surface area contributed by atoms with E-state index >= 15 is 0 Å². The molecule has 0 unspecified atom stereocenters. The number of likely N-dealkylation sites (N-methyl/N-ethyl adjacent to an activating group) is 1. The number of amides is 2. The maximum Gasteiger partial charge on any atom is 0.339 e. The summed E-state index contributed by atoms with van der Waals surface area (Å²) >= 11 is 6.51. The minimum atomic E-state index is -4.27. The SMILES string of the molecule is CN1CCN(c2cc(Cl)cc3c2S(=O)(=O)N(Cc2cccc(N=O)c2)C(=O)N3Cc2ccccc2)CC1. The summed E-state index contributed by atoms with van der Waals surface area (Å²) in [5.74, 6) is 0. The molecule has 2 heterocycles. The Morgan fingerprint density at radius 1 is 0.865 bits per heavy atom. The number of anilines is 2. The molecule has 9 nitrogen and oxygen atoms in total. The lowest BCUT2D eigenvalue weighted by atomic mass is 10.1. The summed E-state index contributed by atoms with van der Waals surface area (Å²) in [6.45, 7) is 2.71. The molecular formula is C26H26ClN5O4S. The molecule has 0 radical (unpaired) electrons. The molecule has 2 aliphatic rings. The number of rotatable bonds is 6. The van der Waals surface area contributed by atoms with Crippen LogP contribution in [0.5, 0.6) is 0 Å². The lowest BCUT2D eigenvalue weighted by Crippen LogP contribution is -2.51. The Balaban J connectivity index is 1.66. The van der Waals surface area contributed by atoms with Crippen molar-refractivity contribution in [2.75, 3.05) is 43.0 Å². The predicted octanol–water partition coefficient (Wildman–Crippen LogP) is 4.82. The van der Waals surface area contributed by atoms with Crippen molar-refractivity contribution in [3.8, 4) is 0 Å². The summed E-state index contributed by atoms with van der Waals surface area (Å²) < 4.78 is 29.1. The Kier molecular flexibility index (Phi) is 6.89. The summed E-state index contributed by atoms with van der Waals surface area (Å²) in [4.78, 5) is 30.6. The summed E-state index contributed by atoms with van der Waals surface area (Å²) in [5, 5.41) is 3.29. The van der Waals surface area contributed by atoms with Gasteiger partial charge in [0.1, 0.15) is 10.6 Å². The van der Waals surface area contributed by atoms with Crippen molar-refractivity contribution < 1.29 is 13.2 Å². The van der Waals surface area contributed by atoms with Gasteiger partial charge in [0.05, 0.1) is 24.5 Å². The fourth-order valence-corrected chi connectivity index (χ4v) is 6.65. The van der Waals surface area contributed by atoms with Crippen molar-refractivity contribution in [2.45, 2.75) is 18.0 Å². The Labute approximate surface area is 220 Å². The number of benzene rings is 3. The maximum absolute atomic E-state index is 14.1. The first-order chi connectivity index (χ1) is 17.8. The quantitative estimate of drug-likeness (QED) is 0.417. The third-order valence-electron chi connectivity index (χ3n) is 6.67. The van der Waals surface area contributed by atoms with Crippen LogP contribution < -0.4 is 9.80 Å². The molecule has 3 aromatic rings. The van der Waals surface area contributed by atoms with Crippen LogP contribution in [-0.2, 0) is 23.1 Å². The third-order valence-corrected chi connectivity index (χ3v) is 8.69. The Morgan fingerprint density at radius 3 is 2.24 bits per heavy atom. The molecule has 11 heteroatoms. The summed E-state index contributed by atoms with van der Waals surface area (Å²) in [7, 11) is -2.25. The largest absolute Gasteiger partial charge is 0.368 e. The molecule has 0 aromatic heterocycles. The van der Waals surface area contributed by atoms with Crippen LogP contribution in [0.4, 0.5) is 21.9 Å². The van der Waals surface area contributed by atoms with Crippen LogP contribution >= 0.6 is 11.6 Å². The summed E-state index contributed by atoms with van der Waals surface area (Å²) in [6.07, 6.45) is 0. The Hall–Kier alpha value is -3.47. The average Bonchev–Trinajstić information content (AvgIpc) is 2.89. The van der Waals surface area contributed by atoms with Gasteiger partial charge in [-0.25, -0.2) is 17.5 Å². The first-order valence-corrected chi connectivity index (χ1v) is 13.7. The van der Waals surface area contributed by atoms with Crippen molar-refractivity contribution in [1.82, 2.24) is 9.21 Å². The lowest BCUT2D eigenvalue weighted by Gasteiger charge is -2.40. The van der Waals surface area contributed by atoms with Gasteiger partial charge in [-0.15, -0.1) is 4.91 Å². The van der Waals surface area contributed by atoms with E-state index in [2.05, 4.69) is 10.1 Å². The van der Waals surface area contributed by atoms with Gasteiger partial charge in [0.25, 0.3) is 10.0 Å². The summed E-state index contributed by atoms with van der Waals surface area (Å²) in [5.41, 5.74) is 2.22. The highest BCUT2D eigenvalue weighted by atomic mass is 35.5. The molecule has 0 spiro atoms. The molecule has 0 bridgehead atoms. The van der Waals surface area contributed by atoms with E-state index < -0.39 is 16.1 Å². The van der Waals surface area contributed by atoms with Gasteiger partial charge in [-0.2, -0.15) is 0 Å². The molecule has 0 atom stereocenters. The van der Waals surface area contributed by atoms with E-state index in [4.69, 9.17) is 11.6 Å². The molecule has 3 aromatic carbocycles. The van der Waals surface area contributed by atoms with Crippen LogP contribution in [0.25, 0.3) is 0 Å². The van der Waals surface area contributed by atoms with Crippen molar-refractivity contribution >= 4 is 44.7 Å². The predicted molar refractivity (Wildman–Crippen MR) is 144 cm³/mol. The number of sulfonamides is 1. The molecule has 37 heavy (non-hydrogen) atoms. The average molecular weight is 540 g/mol. The molecule has 1 saturated heterocycles. The lowest BCUT2D eigenvalue weighted by molar-refractivity contribution is 0.226. The zero-order valence-corrected chi connectivity index (χ0v) is 21.8. The van der Waals surface area contributed by atoms with Gasteiger partial charge in [-0.3, -0.25) is 4.90 Å². The fraction of sp³-hybridized carbons (Fsp3) is 0.269. The molecule has 2 amide bonds. The first kappa shape index (κ1) is 25.2. The van der Waals surface area contributed by atoms with E-state index in [0.717, 1.165) is 23.0 Å². The van der Waals surface area contributed by atoms with Gasteiger partial charge >= 0.3 is 6.03 Å². The molecule has 5 rings (SSSR count). The smallest absolute Gasteiger partial charge is 0.339 e. The number of nitrogens with zero attached hydrogens (tertiary/aromatic N) is 5. The minimum Gasteiger partial charge on any atom is -0.368 e. The topological polar surface area (TPSA) is 93.6 Å². The van der Waals surface area contributed by atoms with Crippen LogP contribution in [-0.4, -0.2) is 56.9 Å². The maximum atomic E-state index is 14.1. The van der Waals surface area contributed by atoms with E-state index in [1.54, 1.807) is 24.3 Å². The van der Waals surface area contributed by atoms with E-state index in [9.17, 15) is 18.1 Å². The van der Waals surface area contributed by atoms with Crippen molar-refractivity contribution in [1.29, 1.82) is 0 Å².